The van der Waals surface area contributed by atoms with Crippen LogP contribution in [0.25, 0.3) is 21.5 Å². The zero-order valence-corrected chi connectivity index (χ0v) is 16.1. The van der Waals surface area contributed by atoms with Crippen molar-refractivity contribution in [3.05, 3.63) is 59.2 Å². The molecule has 0 aromatic heterocycles. The van der Waals surface area contributed by atoms with Crippen LogP contribution in [0.2, 0.25) is 0 Å². The van der Waals surface area contributed by atoms with Gasteiger partial charge in [-0.25, -0.2) is 0 Å². The molecule has 4 rings (SSSR count). The number of amides is 2. The van der Waals surface area contributed by atoms with Gasteiger partial charge in [0.25, 0.3) is 11.8 Å². The molecule has 27 heavy (non-hydrogen) atoms. The summed E-state index contributed by atoms with van der Waals surface area (Å²) in [5.41, 5.74) is 2.26. The molecule has 3 aromatic carbocycles. The maximum Gasteiger partial charge on any atom is 0.262 e. The van der Waals surface area contributed by atoms with Crippen molar-refractivity contribution in [1.29, 1.82) is 0 Å². The molecule has 0 radical (unpaired) electrons. The molecule has 0 spiro atoms. The Bertz CT molecular complexity index is 1070. The molecule has 0 saturated heterocycles. The molecule has 138 valence electrons. The maximum atomic E-state index is 13.4. The van der Waals surface area contributed by atoms with Gasteiger partial charge in [-0.2, -0.15) is 0 Å². The van der Waals surface area contributed by atoms with E-state index in [-0.39, 0.29) is 11.8 Å². The standard InChI is InChI=1S/C23H24N2O2/c1-4-24(5-2)12-13-25-22(26)19-15(3)10-11-17-14-16-8-6-7-9-18(16)21(20(17)19)23(25)27/h6-11,14H,4-5,12-13H2,1-3H3. The van der Waals surface area contributed by atoms with Gasteiger partial charge in [-0.05, 0) is 47.8 Å². The number of hydrogen-bond acceptors (Lipinski definition) is 3. The van der Waals surface area contributed by atoms with Crippen molar-refractivity contribution in [1.82, 2.24) is 9.80 Å². The number of benzene rings is 3. The molecule has 0 bridgehead atoms. The summed E-state index contributed by atoms with van der Waals surface area (Å²) in [5, 5.41) is 3.71. The van der Waals surface area contributed by atoms with E-state index < -0.39 is 0 Å². The van der Waals surface area contributed by atoms with E-state index in [1.54, 1.807) is 0 Å². The Morgan fingerprint density at radius 3 is 2.33 bits per heavy atom. The third-order valence-corrected chi connectivity index (χ3v) is 5.69. The smallest absolute Gasteiger partial charge is 0.262 e. The monoisotopic (exact) mass is 360 g/mol. The van der Waals surface area contributed by atoms with Gasteiger partial charge in [0.15, 0.2) is 0 Å². The summed E-state index contributed by atoms with van der Waals surface area (Å²) in [6.07, 6.45) is 0. The number of fused-ring (bicyclic) bond motifs is 2. The van der Waals surface area contributed by atoms with Crippen LogP contribution in [-0.2, 0) is 0 Å². The second-order valence-electron chi connectivity index (χ2n) is 7.12. The minimum absolute atomic E-state index is 0.168. The van der Waals surface area contributed by atoms with Gasteiger partial charge in [0.1, 0.15) is 0 Å². The average molecular weight is 360 g/mol. The Morgan fingerprint density at radius 1 is 0.889 bits per heavy atom. The molecule has 1 aliphatic heterocycles. The lowest BCUT2D eigenvalue weighted by Crippen LogP contribution is -2.45. The molecule has 0 unspecified atom stereocenters. The fourth-order valence-electron chi connectivity index (χ4n) is 4.11. The van der Waals surface area contributed by atoms with Crippen molar-refractivity contribution in [3.63, 3.8) is 0 Å². The first-order chi connectivity index (χ1) is 13.1. The number of carbonyl (C=O) groups is 2. The predicted molar refractivity (Wildman–Crippen MR) is 109 cm³/mol. The number of hydrogen-bond donors (Lipinski definition) is 0. The molecule has 0 aliphatic carbocycles. The number of imide groups is 1. The summed E-state index contributed by atoms with van der Waals surface area (Å²) in [6, 6.07) is 14.0. The quantitative estimate of drug-likeness (QED) is 0.505. The largest absolute Gasteiger partial charge is 0.302 e. The van der Waals surface area contributed by atoms with E-state index in [9.17, 15) is 9.59 Å². The highest BCUT2D eigenvalue weighted by Gasteiger charge is 2.35. The van der Waals surface area contributed by atoms with Gasteiger partial charge < -0.3 is 4.90 Å². The fraction of sp³-hybridized carbons (Fsp3) is 0.304. The van der Waals surface area contributed by atoms with Gasteiger partial charge in [-0.15, -0.1) is 0 Å². The molecule has 0 N–H and O–H groups in total. The first-order valence-electron chi connectivity index (χ1n) is 9.60. The van der Waals surface area contributed by atoms with E-state index >= 15 is 0 Å². The summed E-state index contributed by atoms with van der Waals surface area (Å²) >= 11 is 0. The van der Waals surface area contributed by atoms with Crippen molar-refractivity contribution >= 4 is 33.4 Å². The Kier molecular flexibility index (Phi) is 4.44. The molecular formula is C23H24N2O2. The van der Waals surface area contributed by atoms with Gasteiger partial charge in [0, 0.05) is 18.5 Å². The minimum Gasteiger partial charge on any atom is -0.302 e. The highest BCUT2D eigenvalue weighted by atomic mass is 16.2. The van der Waals surface area contributed by atoms with Gasteiger partial charge in [0.2, 0.25) is 0 Å². The molecule has 3 aromatic rings. The van der Waals surface area contributed by atoms with Crippen molar-refractivity contribution < 1.29 is 9.59 Å². The zero-order chi connectivity index (χ0) is 19.1. The van der Waals surface area contributed by atoms with Crippen LogP contribution < -0.4 is 0 Å². The molecular weight excluding hydrogens is 336 g/mol. The Labute approximate surface area is 159 Å². The Morgan fingerprint density at radius 2 is 1.59 bits per heavy atom. The number of carbonyl (C=O) groups excluding carboxylic acids is 2. The molecule has 0 saturated carbocycles. The van der Waals surface area contributed by atoms with Crippen LogP contribution >= 0.6 is 0 Å². The summed E-state index contributed by atoms with van der Waals surface area (Å²) in [5.74, 6) is -0.343. The van der Waals surface area contributed by atoms with Gasteiger partial charge in [-0.3, -0.25) is 14.5 Å². The third-order valence-electron chi connectivity index (χ3n) is 5.69. The normalized spacial score (nSPS) is 14.0. The molecule has 1 aliphatic rings. The second kappa shape index (κ2) is 6.78. The van der Waals surface area contributed by atoms with Gasteiger partial charge in [0.05, 0.1) is 11.1 Å². The lowest BCUT2D eigenvalue weighted by molar-refractivity contribution is 0.0595. The second-order valence-corrected chi connectivity index (χ2v) is 7.12. The summed E-state index contributed by atoms with van der Waals surface area (Å²) in [6.45, 7) is 9.05. The zero-order valence-electron chi connectivity index (χ0n) is 16.1. The average Bonchev–Trinajstić information content (AvgIpc) is 2.68. The van der Waals surface area contributed by atoms with Crippen LogP contribution in [0.4, 0.5) is 0 Å². The molecule has 4 nitrogen and oxygen atoms in total. The number of nitrogens with zero attached hydrogens (tertiary/aromatic N) is 2. The van der Waals surface area contributed by atoms with Crippen LogP contribution in [0.1, 0.15) is 40.1 Å². The lowest BCUT2D eigenvalue weighted by atomic mass is 9.87. The van der Waals surface area contributed by atoms with E-state index in [4.69, 9.17) is 0 Å². The van der Waals surface area contributed by atoms with Gasteiger partial charge >= 0.3 is 0 Å². The summed E-state index contributed by atoms with van der Waals surface area (Å²) < 4.78 is 0. The summed E-state index contributed by atoms with van der Waals surface area (Å²) in [4.78, 5) is 30.3. The van der Waals surface area contributed by atoms with Gasteiger partial charge in [-0.1, -0.05) is 50.2 Å². The van der Waals surface area contributed by atoms with Crippen LogP contribution in [0, 0.1) is 6.92 Å². The highest BCUT2D eigenvalue weighted by molar-refractivity contribution is 6.30. The maximum absolute atomic E-state index is 13.4. The van der Waals surface area contributed by atoms with Crippen LogP contribution in [0.5, 0.6) is 0 Å². The third kappa shape index (κ3) is 2.72. The van der Waals surface area contributed by atoms with Crippen molar-refractivity contribution in [2.45, 2.75) is 20.8 Å². The SMILES string of the molecule is CCN(CC)CCN1C(=O)c2c(C)ccc3cc4ccccc4c(c23)C1=O. The Balaban J connectivity index is 1.93. The first kappa shape index (κ1) is 17.7. The van der Waals surface area contributed by atoms with Crippen molar-refractivity contribution in [2.75, 3.05) is 26.2 Å². The number of likely N-dealkylation sites (N-methyl/N-ethyl adjacent to an activating group) is 1. The van der Waals surface area contributed by atoms with Crippen LogP contribution in [-0.4, -0.2) is 47.8 Å². The van der Waals surface area contributed by atoms with E-state index in [2.05, 4.69) is 24.8 Å². The highest BCUT2D eigenvalue weighted by Crippen LogP contribution is 2.37. The first-order valence-corrected chi connectivity index (χ1v) is 9.60. The molecule has 1 heterocycles. The van der Waals surface area contributed by atoms with Crippen molar-refractivity contribution in [3.8, 4) is 0 Å². The fourth-order valence-corrected chi connectivity index (χ4v) is 4.11. The van der Waals surface area contributed by atoms with E-state index in [1.807, 2.05) is 43.3 Å². The summed E-state index contributed by atoms with van der Waals surface area (Å²) in [7, 11) is 0. The molecule has 0 fully saturated rings. The number of aryl methyl sites for hydroxylation is 1. The molecule has 2 amide bonds. The van der Waals surface area contributed by atoms with E-state index in [1.165, 1.54) is 4.90 Å². The van der Waals surface area contributed by atoms with E-state index in [0.29, 0.717) is 24.2 Å². The van der Waals surface area contributed by atoms with Crippen LogP contribution in [0.15, 0.2) is 42.5 Å². The topological polar surface area (TPSA) is 40.6 Å². The Hall–Kier alpha value is -2.72. The van der Waals surface area contributed by atoms with E-state index in [0.717, 1.165) is 40.2 Å². The number of rotatable bonds is 5. The molecule has 4 heteroatoms. The molecule has 0 atom stereocenters. The predicted octanol–water partition coefficient (Wildman–Crippen LogP) is 4.24. The van der Waals surface area contributed by atoms with Crippen molar-refractivity contribution in [2.24, 2.45) is 0 Å². The van der Waals surface area contributed by atoms with Crippen LogP contribution in [0.3, 0.4) is 0 Å². The lowest BCUT2D eigenvalue weighted by Gasteiger charge is -2.30. The minimum atomic E-state index is -0.174.